The molecule has 3 nitrogen and oxygen atoms in total. The smallest absolute Gasteiger partial charge is 0.240 e. The molecule has 0 fully saturated rings. The fourth-order valence-electron chi connectivity index (χ4n) is 1.51. The molecular formula is C14H22N2O. The highest BCUT2D eigenvalue weighted by Gasteiger charge is 2.26. The fraction of sp³-hybridized carbons (Fsp3) is 0.500. The summed E-state index contributed by atoms with van der Waals surface area (Å²) < 4.78 is 0. The third-order valence-corrected chi connectivity index (χ3v) is 3.08. The Morgan fingerprint density at radius 3 is 2.53 bits per heavy atom. The van der Waals surface area contributed by atoms with Crippen molar-refractivity contribution in [3.05, 3.63) is 35.4 Å². The standard InChI is InChI=1S/C14H22N2O/c1-10-7-6-8-12(9-10)11(2)16-13(17)14(3,4)15-5/h6-9,11,15H,1-5H3,(H,16,17)/t11-/m0/s1. The van der Waals surface area contributed by atoms with Crippen molar-refractivity contribution in [3.8, 4) is 0 Å². The topological polar surface area (TPSA) is 41.1 Å². The van der Waals surface area contributed by atoms with E-state index in [1.807, 2.05) is 32.9 Å². The Labute approximate surface area is 104 Å². The molecule has 0 saturated carbocycles. The monoisotopic (exact) mass is 234 g/mol. The van der Waals surface area contributed by atoms with E-state index in [9.17, 15) is 4.79 Å². The molecule has 0 heterocycles. The van der Waals surface area contributed by atoms with Crippen LogP contribution in [0.4, 0.5) is 0 Å². The van der Waals surface area contributed by atoms with E-state index in [0.29, 0.717) is 0 Å². The molecule has 0 radical (unpaired) electrons. The summed E-state index contributed by atoms with van der Waals surface area (Å²) in [5.74, 6) is 0.00834. The molecule has 1 amide bonds. The number of rotatable bonds is 4. The van der Waals surface area contributed by atoms with Crippen LogP contribution in [-0.2, 0) is 4.79 Å². The zero-order valence-corrected chi connectivity index (χ0v) is 11.3. The van der Waals surface area contributed by atoms with E-state index in [1.54, 1.807) is 7.05 Å². The Kier molecular flexibility index (Phi) is 4.29. The minimum atomic E-state index is -0.544. The molecule has 1 atom stereocenters. The first kappa shape index (κ1) is 13.7. The van der Waals surface area contributed by atoms with Crippen LogP contribution in [0.5, 0.6) is 0 Å². The molecule has 3 heteroatoms. The summed E-state index contributed by atoms with van der Waals surface area (Å²) in [5.41, 5.74) is 1.79. The van der Waals surface area contributed by atoms with Gasteiger partial charge in [-0.15, -0.1) is 0 Å². The second-order valence-corrected chi connectivity index (χ2v) is 4.98. The molecular weight excluding hydrogens is 212 g/mol. The first-order valence-electron chi connectivity index (χ1n) is 5.93. The maximum atomic E-state index is 12.0. The van der Waals surface area contributed by atoms with Gasteiger partial charge in [0.2, 0.25) is 5.91 Å². The van der Waals surface area contributed by atoms with Crippen LogP contribution < -0.4 is 10.6 Å². The van der Waals surface area contributed by atoms with Gasteiger partial charge in [-0.1, -0.05) is 29.8 Å². The van der Waals surface area contributed by atoms with Crippen LogP contribution >= 0.6 is 0 Å². The van der Waals surface area contributed by atoms with Crippen molar-refractivity contribution in [1.29, 1.82) is 0 Å². The van der Waals surface area contributed by atoms with Crippen molar-refractivity contribution in [2.45, 2.75) is 39.3 Å². The maximum Gasteiger partial charge on any atom is 0.240 e. The lowest BCUT2D eigenvalue weighted by Crippen LogP contribution is -2.51. The summed E-state index contributed by atoms with van der Waals surface area (Å²) in [5, 5.41) is 6.01. The number of hydrogen-bond donors (Lipinski definition) is 2. The number of likely N-dealkylation sites (N-methyl/N-ethyl adjacent to an activating group) is 1. The number of hydrogen-bond acceptors (Lipinski definition) is 2. The van der Waals surface area contributed by atoms with Gasteiger partial charge in [-0.3, -0.25) is 4.79 Å². The van der Waals surface area contributed by atoms with Crippen LogP contribution in [0.1, 0.15) is 37.9 Å². The van der Waals surface area contributed by atoms with Gasteiger partial charge in [0.25, 0.3) is 0 Å². The summed E-state index contributed by atoms with van der Waals surface area (Å²) >= 11 is 0. The van der Waals surface area contributed by atoms with E-state index in [2.05, 4.69) is 29.7 Å². The van der Waals surface area contributed by atoms with Gasteiger partial charge < -0.3 is 10.6 Å². The van der Waals surface area contributed by atoms with E-state index in [0.717, 1.165) is 5.56 Å². The van der Waals surface area contributed by atoms with Crippen molar-refractivity contribution in [2.75, 3.05) is 7.05 Å². The van der Waals surface area contributed by atoms with Gasteiger partial charge in [0, 0.05) is 0 Å². The van der Waals surface area contributed by atoms with Crippen molar-refractivity contribution >= 4 is 5.91 Å². The number of amides is 1. The second-order valence-electron chi connectivity index (χ2n) is 4.98. The van der Waals surface area contributed by atoms with Crippen molar-refractivity contribution in [3.63, 3.8) is 0 Å². The normalized spacial score (nSPS) is 13.2. The highest BCUT2D eigenvalue weighted by molar-refractivity contribution is 5.85. The van der Waals surface area contributed by atoms with Gasteiger partial charge in [-0.2, -0.15) is 0 Å². The molecule has 0 aliphatic carbocycles. The van der Waals surface area contributed by atoms with Gasteiger partial charge in [0.15, 0.2) is 0 Å². The lowest BCUT2D eigenvalue weighted by atomic mass is 10.0. The SMILES string of the molecule is CNC(C)(C)C(=O)N[C@@H](C)c1cccc(C)c1. The van der Waals surface area contributed by atoms with Gasteiger partial charge in [0.1, 0.15) is 0 Å². The molecule has 2 N–H and O–H groups in total. The average Bonchev–Trinajstić information content (AvgIpc) is 2.28. The molecule has 0 aliphatic rings. The van der Waals surface area contributed by atoms with Gasteiger partial charge >= 0.3 is 0 Å². The summed E-state index contributed by atoms with van der Waals surface area (Å²) in [6.45, 7) is 7.78. The lowest BCUT2D eigenvalue weighted by molar-refractivity contribution is -0.126. The molecule has 1 aromatic rings. The zero-order chi connectivity index (χ0) is 13.1. The first-order valence-corrected chi connectivity index (χ1v) is 5.93. The molecule has 0 aromatic heterocycles. The predicted octanol–water partition coefficient (Wildman–Crippen LogP) is 2.17. The molecule has 0 aliphatic heterocycles. The molecule has 0 saturated heterocycles. The summed E-state index contributed by atoms with van der Waals surface area (Å²) in [4.78, 5) is 12.0. The van der Waals surface area contributed by atoms with Gasteiger partial charge in [-0.25, -0.2) is 0 Å². The molecule has 17 heavy (non-hydrogen) atoms. The Morgan fingerprint density at radius 1 is 1.35 bits per heavy atom. The van der Waals surface area contributed by atoms with Gasteiger partial charge in [0.05, 0.1) is 11.6 Å². The van der Waals surface area contributed by atoms with E-state index < -0.39 is 5.54 Å². The second kappa shape index (κ2) is 5.32. The predicted molar refractivity (Wildman–Crippen MR) is 70.9 cm³/mol. The fourth-order valence-corrected chi connectivity index (χ4v) is 1.51. The van der Waals surface area contributed by atoms with Crippen LogP contribution in [0.25, 0.3) is 0 Å². The lowest BCUT2D eigenvalue weighted by Gasteiger charge is -2.25. The third-order valence-electron chi connectivity index (χ3n) is 3.08. The van der Waals surface area contributed by atoms with Crippen LogP contribution in [0.15, 0.2) is 24.3 Å². The van der Waals surface area contributed by atoms with Crippen LogP contribution in [-0.4, -0.2) is 18.5 Å². The van der Waals surface area contributed by atoms with Crippen molar-refractivity contribution in [1.82, 2.24) is 10.6 Å². The molecule has 1 rings (SSSR count). The van der Waals surface area contributed by atoms with Crippen LogP contribution in [0.3, 0.4) is 0 Å². The molecule has 1 aromatic carbocycles. The third kappa shape index (κ3) is 3.56. The van der Waals surface area contributed by atoms with E-state index in [-0.39, 0.29) is 11.9 Å². The Balaban J connectivity index is 2.73. The summed E-state index contributed by atoms with van der Waals surface area (Å²) in [6.07, 6.45) is 0. The molecule has 0 unspecified atom stereocenters. The molecule has 0 bridgehead atoms. The zero-order valence-electron chi connectivity index (χ0n) is 11.3. The highest BCUT2D eigenvalue weighted by Crippen LogP contribution is 2.15. The van der Waals surface area contributed by atoms with Gasteiger partial charge in [-0.05, 0) is 40.3 Å². The number of carbonyl (C=O) groups excluding carboxylic acids is 1. The average molecular weight is 234 g/mol. The minimum absolute atomic E-state index is 0.00834. The van der Waals surface area contributed by atoms with E-state index in [4.69, 9.17) is 0 Å². The number of benzene rings is 1. The quantitative estimate of drug-likeness (QED) is 0.838. The highest BCUT2D eigenvalue weighted by atomic mass is 16.2. The first-order chi connectivity index (χ1) is 7.86. The van der Waals surface area contributed by atoms with Crippen LogP contribution in [0, 0.1) is 6.92 Å². The van der Waals surface area contributed by atoms with E-state index in [1.165, 1.54) is 5.56 Å². The largest absolute Gasteiger partial charge is 0.348 e. The Hall–Kier alpha value is -1.35. The Morgan fingerprint density at radius 2 is 2.00 bits per heavy atom. The minimum Gasteiger partial charge on any atom is -0.348 e. The summed E-state index contributed by atoms with van der Waals surface area (Å²) in [6, 6.07) is 8.21. The van der Waals surface area contributed by atoms with Crippen LogP contribution in [0.2, 0.25) is 0 Å². The maximum absolute atomic E-state index is 12.0. The number of aryl methyl sites for hydroxylation is 1. The van der Waals surface area contributed by atoms with E-state index >= 15 is 0 Å². The van der Waals surface area contributed by atoms with Crippen molar-refractivity contribution < 1.29 is 4.79 Å². The molecule has 0 spiro atoms. The van der Waals surface area contributed by atoms with Crippen molar-refractivity contribution in [2.24, 2.45) is 0 Å². The molecule has 94 valence electrons. The number of nitrogens with one attached hydrogen (secondary N) is 2. The number of carbonyl (C=O) groups is 1. The summed E-state index contributed by atoms with van der Waals surface area (Å²) in [7, 11) is 1.79. The Bertz CT molecular complexity index is 399.